The van der Waals surface area contributed by atoms with Gasteiger partial charge in [0.15, 0.2) is 0 Å². The Morgan fingerprint density at radius 1 is 1.11 bits per heavy atom. The standard InChI is InChI=1S/C20H22BrFN4O2/c1-2-3-4-11-23-19(27)20(28)26-24-13-14-12-15(21)5-10-18(14)25-17-8-6-16(22)7-9-17/h5-10,12-13,25H,2-4,11H2,1H3,(H,23,27)(H,26,28)/b24-13-. The molecule has 3 N–H and O–H groups in total. The Kier molecular flexibility index (Phi) is 8.61. The lowest BCUT2D eigenvalue weighted by Gasteiger charge is -2.10. The van der Waals surface area contributed by atoms with E-state index in [0.29, 0.717) is 23.5 Å². The Hall–Kier alpha value is -2.74. The highest BCUT2D eigenvalue weighted by atomic mass is 79.9. The lowest BCUT2D eigenvalue weighted by atomic mass is 10.2. The molecule has 2 rings (SSSR count). The molecule has 0 aliphatic heterocycles. The summed E-state index contributed by atoms with van der Waals surface area (Å²) in [5, 5.41) is 9.56. The molecule has 2 amide bonds. The smallest absolute Gasteiger partial charge is 0.329 e. The molecule has 0 saturated heterocycles. The number of carbonyl (C=O) groups excluding carboxylic acids is 2. The van der Waals surface area contributed by atoms with Gasteiger partial charge in [-0.25, -0.2) is 9.82 Å². The molecule has 6 nitrogen and oxygen atoms in total. The van der Waals surface area contributed by atoms with Crippen LogP contribution in [0, 0.1) is 5.82 Å². The van der Waals surface area contributed by atoms with Crippen molar-refractivity contribution in [3.8, 4) is 0 Å². The lowest BCUT2D eigenvalue weighted by Crippen LogP contribution is -2.38. The molecular weight excluding hydrogens is 427 g/mol. The number of unbranched alkanes of at least 4 members (excludes halogenated alkanes) is 2. The molecule has 0 bridgehead atoms. The average Bonchev–Trinajstić information content (AvgIpc) is 2.68. The van der Waals surface area contributed by atoms with Crippen molar-refractivity contribution in [2.75, 3.05) is 11.9 Å². The van der Waals surface area contributed by atoms with Crippen LogP contribution in [0.2, 0.25) is 0 Å². The number of amides is 2. The number of benzene rings is 2. The van der Waals surface area contributed by atoms with E-state index in [0.717, 1.165) is 23.7 Å². The molecular formula is C20H22BrFN4O2. The fourth-order valence-electron chi connectivity index (χ4n) is 2.31. The molecule has 0 fully saturated rings. The van der Waals surface area contributed by atoms with E-state index < -0.39 is 11.8 Å². The summed E-state index contributed by atoms with van der Waals surface area (Å²) in [6, 6.07) is 11.4. The number of halogens is 2. The quantitative estimate of drug-likeness (QED) is 0.246. The van der Waals surface area contributed by atoms with Crippen molar-refractivity contribution >= 4 is 45.3 Å². The molecule has 0 atom stereocenters. The van der Waals surface area contributed by atoms with Gasteiger partial charge in [-0.1, -0.05) is 35.7 Å². The fourth-order valence-corrected chi connectivity index (χ4v) is 2.69. The zero-order valence-corrected chi connectivity index (χ0v) is 17.1. The van der Waals surface area contributed by atoms with Crippen molar-refractivity contribution in [2.45, 2.75) is 26.2 Å². The Morgan fingerprint density at radius 3 is 2.57 bits per heavy atom. The van der Waals surface area contributed by atoms with Crippen LogP contribution in [0.3, 0.4) is 0 Å². The summed E-state index contributed by atoms with van der Waals surface area (Å²) in [5.74, 6) is -1.86. The second-order valence-electron chi connectivity index (χ2n) is 6.03. The van der Waals surface area contributed by atoms with Crippen molar-refractivity contribution in [3.05, 3.63) is 58.3 Å². The topological polar surface area (TPSA) is 82.6 Å². The van der Waals surface area contributed by atoms with E-state index in [9.17, 15) is 14.0 Å². The van der Waals surface area contributed by atoms with E-state index in [1.54, 1.807) is 18.2 Å². The van der Waals surface area contributed by atoms with Gasteiger partial charge >= 0.3 is 11.8 Å². The Morgan fingerprint density at radius 2 is 1.86 bits per heavy atom. The summed E-state index contributed by atoms with van der Waals surface area (Å²) >= 11 is 3.39. The SMILES string of the molecule is CCCCCNC(=O)C(=O)N/N=C\c1cc(Br)ccc1Nc1ccc(F)cc1. The normalized spacial score (nSPS) is 10.7. The Balaban J connectivity index is 1.98. The van der Waals surface area contributed by atoms with E-state index in [1.807, 2.05) is 12.1 Å². The minimum absolute atomic E-state index is 0.321. The maximum absolute atomic E-state index is 13.1. The van der Waals surface area contributed by atoms with E-state index in [2.05, 4.69) is 44.0 Å². The van der Waals surface area contributed by atoms with Crippen LogP contribution in [-0.4, -0.2) is 24.6 Å². The number of rotatable bonds is 8. The minimum Gasteiger partial charge on any atom is -0.355 e. The van der Waals surface area contributed by atoms with Gasteiger partial charge in [0.05, 0.1) is 6.21 Å². The molecule has 0 aliphatic rings. The molecule has 2 aromatic rings. The van der Waals surface area contributed by atoms with Crippen LogP contribution in [0.25, 0.3) is 0 Å². The van der Waals surface area contributed by atoms with Gasteiger partial charge in [0, 0.05) is 28.0 Å². The van der Waals surface area contributed by atoms with Gasteiger partial charge in [0.2, 0.25) is 0 Å². The molecule has 0 unspecified atom stereocenters. The first-order chi connectivity index (χ1) is 13.5. The highest BCUT2D eigenvalue weighted by Gasteiger charge is 2.11. The maximum Gasteiger partial charge on any atom is 0.329 e. The number of hydrogen-bond donors (Lipinski definition) is 3. The van der Waals surface area contributed by atoms with Gasteiger partial charge in [0.25, 0.3) is 0 Å². The first-order valence-electron chi connectivity index (χ1n) is 8.93. The molecule has 148 valence electrons. The molecule has 0 radical (unpaired) electrons. The van der Waals surface area contributed by atoms with Gasteiger partial charge in [-0.3, -0.25) is 9.59 Å². The first-order valence-corrected chi connectivity index (χ1v) is 9.72. The summed E-state index contributed by atoms with van der Waals surface area (Å²) in [6.45, 7) is 2.52. The average molecular weight is 449 g/mol. The number of carbonyl (C=O) groups is 2. The van der Waals surface area contributed by atoms with E-state index >= 15 is 0 Å². The van der Waals surface area contributed by atoms with E-state index in [4.69, 9.17) is 0 Å². The van der Waals surface area contributed by atoms with E-state index in [-0.39, 0.29) is 5.82 Å². The van der Waals surface area contributed by atoms with Crippen LogP contribution in [0.15, 0.2) is 52.0 Å². The molecule has 2 aromatic carbocycles. The zero-order valence-electron chi connectivity index (χ0n) is 15.5. The highest BCUT2D eigenvalue weighted by molar-refractivity contribution is 9.10. The van der Waals surface area contributed by atoms with Crippen LogP contribution in [0.5, 0.6) is 0 Å². The van der Waals surface area contributed by atoms with Crippen LogP contribution < -0.4 is 16.1 Å². The van der Waals surface area contributed by atoms with Crippen LogP contribution >= 0.6 is 15.9 Å². The molecule has 0 aromatic heterocycles. The molecule has 28 heavy (non-hydrogen) atoms. The minimum atomic E-state index is -0.823. The summed E-state index contributed by atoms with van der Waals surface area (Å²) in [6.07, 6.45) is 4.29. The third kappa shape index (κ3) is 7.11. The van der Waals surface area contributed by atoms with Crippen molar-refractivity contribution in [2.24, 2.45) is 5.10 Å². The highest BCUT2D eigenvalue weighted by Crippen LogP contribution is 2.23. The van der Waals surface area contributed by atoms with Crippen molar-refractivity contribution in [3.63, 3.8) is 0 Å². The summed E-state index contributed by atoms with van der Waals surface area (Å²) < 4.78 is 13.9. The third-order valence-corrected chi connectivity index (χ3v) is 4.27. The van der Waals surface area contributed by atoms with Gasteiger partial charge in [0.1, 0.15) is 5.82 Å². The second-order valence-corrected chi connectivity index (χ2v) is 6.94. The number of nitrogens with one attached hydrogen (secondary N) is 3. The van der Waals surface area contributed by atoms with Gasteiger partial charge in [-0.2, -0.15) is 5.10 Å². The van der Waals surface area contributed by atoms with Crippen LogP contribution in [0.1, 0.15) is 31.7 Å². The molecule has 0 aliphatic carbocycles. The number of hydrogen-bond acceptors (Lipinski definition) is 4. The Labute approximate surface area is 171 Å². The van der Waals surface area contributed by atoms with E-state index in [1.165, 1.54) is 18.3 Å². The van der Waals surface area contributed by atoms with Gasteiger partial charge in [-0.05, 0) is 48.9 Å². The largest absolute Gasteiger partial charge is 0.355 e. The zero-order chi connectivity index (χ0) is 20.4. The van der Waals surface area contributed by atoms with Crippen LogP contribution in [0.4, 0.5) is 15.8 Å². The van der Waals surface area contributed by atoms with Gasteiger partial charge < -0.3 is 10.6 Å². The fraction of sp³-hybridized carbons (Fsp3) is 0.250. The predicted molar refractivity (Wildman–Crippen MR) is 112 cm³/mol. The first kappa shape index (κ1) is 21.6. The van der Waals surface area contributed by atoms with Gasteiger partial charge in [-0.15, -0.1) is 0 Å². The summed E-state index contributed by atoms with van der Waals surface area (Å²) in [4.78, 5) is 23.5. The van der Waals surface area contributed by atoms with Crippen molar-refractivity contribution in [1.29, 1.82) is 0 Å². The Bertz CT molecular complexity index is 841. The molecule has 0 heterocycles. The molecule has 8 heteroatoms. The predicted octanol–water partition coefficient (Wildman–Crippen LogP) is 4.09. The summed E-state index contributed by atoms with van der Waals surface area (Å²) in [7, 11) is 0. The number of hydrazone groups is 1. The maximum atomic E-state index is 13.1. The molecule has 0 spiro atoms. The van der Waals surface area contributed by atoms with Crippen molar-refractivity contribution < 1.29 is 14.0 Å². The second kappa shape index (κ2) is 11.2. The third-order valence-electron chi connectivity index (χ3n) is 3.78. The summed E-state index contributed by atoms with van der Waals surface area (Å²) in [5.41, 5.74) is 4.29. The van der Waals surface area contributed by atoms with Crippen LogP contribution in [-0.2, 0) is 9.59 Å². The number of anilines is 2. The monoisotopic (exact) mass is 448 g/mol. The molecule has 0 saturated carbocycles. The van der Waals surface area contributed by atoms with Crippen molar-refractivity contribution in [1.82, 2.24) is 10.7 Å². The lowest BCUT2D eigenvalue weighted by molar-refractivity contribution is -0.139. The number of nitrogens with zero attached hydrogens (tertiary/aromatic N) is 1.